The first-order valence-corrected chi connectivity index (χ1v) is 10.3. The number of likely N-dealkylation sites (tertiary alicyclic amines) is 1. The van der Waals surface area contributed by atoms with Gasteiger partial charge in [-0.1, -0.05) is 17.3 Å². The van der Waals surface area contributed by atoms with E-state index in [1.165, 1.54) is 5.56 Å². The number of nitrogens with zero attached hydrogens (tertiary/aromatic N) is 2. The highest BCUT2D eigenvalue weighted by atomic mass is 32.1. The third-order valence-electron chi connectivity index (χ3n) is 4.82. The predicted molar refractivity (Wildman–Crippen MR) is 110 cm³/mol. The molecular formula is C21H26N2O4S. The summed E-state index contributed by atoms with van der Waals surface area (Å²) in [5, 5.41) is 15.7. The van der Waals surface area contributed by atoms with Crippen molar-refractivity contribution in [1.29, 1.82) is 0 Å². The van der Waals surface area contributed by atoms with Crippen molar-refractivity contribution >= 4 is 23.0 Å². The summed E-state index contributed by atoms with van der Waals surface area (Å²) >= 11 is 1.63. The molecule has 6 nitrogen and oxygen atoms in total. The summed E-state index contributed by atoms with van der Waals surface area (Å²) in [5.74, 6) is -0.220. The summed E-state index contributed by atoms with van der Waals surface area (Å²) < 4.78 is 5.33. The van der Waals surface area contributed by atoms with Gasteiger partial charge >= 0.3 is 5.97 Å². The molecule has 2 aromatic rings. The van der Waals surface area contributed by atoms with Crippen LogP contribution >= 0.6 is 11.3 Å². The molecule has 2 heterocycles. The maximum absolute atomic E-state index is 11.2. The molecule has 0 unspecified atom stereocenters. The quantitative estimate of drug-likeness (QED) is 0.415. The molecule has 0 spiro atoms. The summed E-state index contributed by atoms with van der Waals surface area (Å²) in [7, 11) is 1.64. The Balaban J connectivity index is 1.67. The van der Waals surface area contributed by atoms with Crippen LogP contribution in [0.3, 0.4) is 0 Å². The van der Waals surface area contributed by atoms with Crippen LogP contribution in [0, 0.1) is 12.8 Å². The maximum atomic E-state index is 11.2. The molecule has 1 aromatic heterocycles. The van der Waals surface area contributed by atoms with Crippen molar-refractivity contribution in [2.45, 2.75) is 19.8 Å². The number of aryl methyl sites for hydroxylation is 1. The number of aliphatic carboxylic acids is 1. The molecule has 0 aliphatic carbocycles. The molecule has 0 bridgehead atoms. The second kappa shape index (κ2) is 9.71. The lowest BCUT2D eigenvalue weighted by atomic mass is 9.98. The van der Waals surface area contributed by atoms with Crippen molar-refractivity contribution in [3.05, 3.63) is 51.7 Å². The van der Waals surface area contributed by atoms with Crippen LogP contribution in [0.5, 0.6) is 5.75 Å². The molecule has 0 saturated carbocycles. The van der Waals surface area contributed by atoms with Gasteiger partial charge in [0.1, 0.15) is 18.1 Å². The topological polar surface area (TPSA) is 71.4 Å². The fourth-order valence-electron chi connectivity index (χ4n) is 3.31. The van der Waals surface area contributed by atoms with E-state index in [1.807, 2.05) is 24.3 Å². The zero-order chi connectivity index (χ0) is 19.9. The molecule has 1 N–H and O–H groups in total. The SMILES string of the molecule is COc1cccc(/C(=N/OCCN2CCC[C@@H](C(=O)O)C2)c2cc(C)cs2)c1. The Kier molecular flexibility index (Phi) is 7.06. The Morgan fingerprint density at radius 1 is 1.39 bits per heavy atom. The van der Waals surface area contributed by atoms with Crippen molar-refractivity contribution in [3.63, 3.8) is 0 Å². The van der Waals surface area contributed by atoms with E-state index in [-0.39, 0.29) is 5.92 Å². The summed E-state index contributed by atoms with van der Waals surface area (Å²) in [5.41, 5.74) is 2.90. The molecule has 1 aliphatic rings. The van der Waals surface area contributed by atoms with Crippen molar-refractivity contribution < 1.29 is 19.5 Å². The number of carboxylic acids is 1. The van der Waals surface area contributed by atoms with E-state index >= 15 is 0 Å². The fraction of sp³-hybridized carbons (Fsp3) is 0.429. The molecule has 1 aliphatic heterocycles. The predicted octanol–water partition coefficient (Wildman–Crippen LogP) is 3.63. The standard InChI is InChI=1S/C21H26N2O4S/c1-15-11-19(28-14-15)20(16-5-3-7-18(12-16)26-2)22-27-10-9-23-8-4-6-17(13-23)21(24)25/h3,5,7,11-12,14,17H,4,6,8-10,13H2,1-2H3,(H,24,25)/b22-20-/t17-/m1/s1. The van der Waals surface area contributed by atoms with Gasteiger partial charge in [-0.2, -0.15) is 0 Å². The molecule has 1 atom stereocenters. The minimum atomic E-state index is -0.711. The molecule has 7 heteroatoms. The number of benzene rings is 1. The summed E-state index contributed by atoms with van der Waals surface area (Å²) in [4.78, 5) is 20.0. The van der Waals surface area contributed by atoms with Gasteiger partial charge in [-0.3, -0.25) is 9.69 Å². The van der Waals surface area contributed by atoms with Gasteiger partial charge in [0.05, 0.1) is 17.9 Å². The van der Waals surface area contributed by atoms with Crippen LogP contribution in [-0.2, 0) is 9.63 Å². The molecule has 1 fully saturated rings. The van der Waals surface area contributed by atoms with Crippen LogP contribution in [0.4, 0.5) is 0 Å². The van der Waals surface area contributed by atoms with E-state index in [1.54, 1.807) is 18.4 Å². The number of piperidine rings is 1. The van der Waals surface area contributed by atoms with Crippen LogP contribution in [0.25, 0.3) is 0 Å². The Morgan fingerprint density at radius 2 is 2.25 bits per heavy atom. The monoisotopic (exact) mass is 402 g/mol. The molecule has 3 rings (SSSR count). The third-order valence-corrected chi connectivity index (χ3v) is 5.87. The molecule has 150 valence electrons. The number of thiophene rings is 1. The molecule has 1 aromatic carbocycles. The van der Waals surface area contributed by atoms with E-state index in [0.717, 1.165) is 41.3 Å². The molecule has 0 radical (unpaired) electrons. The number of carbonyl (C=O) groups is 1. The smallest absolute Gasteiger partial charge is 0.307 e. The van der Waals surface area contributed by atoms with Crippen LogP contribution in [0.1, 0.15) is 28.8 Å². The zero-order valence-corrected chi connectivity index (χ0v) is 17.1. The van der Waals surface area contributed by atoms with Gasteiger partial charge in [0, 0.05) is 18.7 Å². The second-order valence-electron chi connectivity index (χ2n) is 6.97. The lowest BCUT2D eigenvalue weighted by Crippen LogP contribution is -2.40. The van der Waals surface area contributed by atoms with Crippen molar-refractivity contribution in [2.24, 2.45) is 11.1 Å². The third kappa shape index (κ3) is 5.33. The van der Waals surface area contributed by atoms with E-state index in [2.05, 4.69) is 28.4 Å². The Bertz CT molecular complexity index is 833. The normalized spacial score (nSPS) is 18.1. The molecular weight excluding hydrogens is 376 g/mol. The lowest BCUT2D eigenvalue weighted by molar-refractivity contribution is -0.143. The van der Waals surface area contributed by atoms with Crippen LogP contribution in [-0.4, -0.2) is 55.0 Å². The minimum absolute atomic E-state index is 0.279. The Labute approximate surface area is 169 Å². The highest BCUT2D eigenvalue weighted by Crippen LogP contribution is 2.22. The lowest BCUT2D eigenvalue weighted by Gasteiger charge is -2.29. The highest BCUT2D eigenvalue weighted by Gasteiger charge is 2.25. The number of hydrogen-bond donors (Lipinski definition) is 1. The average molecular weight is 403 g/mol. The number of rotatable bonds is 8. The second-order valence-corrected chi connectivity index (χ2v) is 7.88. The van der Waals surface area contributed by atoms with Crippen LogP contribution in [0.2, 0.25) is 0 Å². The zero-order valence-electron chi connectivity index (χ0n) is 16.3. The van der Waals surface area contributed by atoms with Crippen LogP contribution < -0.4 is 4.74 Å². The van der Waals surface area contributed by atoms with Crippen LogP contribution in [0.15, 0.2) is 40.9 Å². The van der Waals surface area contributed by atoms with Gasteiger partial charge in [-0.05, 0) is 55.5 Å². The minimum Gasteiger partial charge on any atom is -0.497 e. The van der Waals surface area contributed by atoms with Gasteiger partial charge < -0.3 is 14.7 Å². The van der Waals surface area contributed by atoms with E-state index in [9.17, 15) is 9.90 Å². The first kappa shape index (κ1) is 20.4. The number of carboxylic acid groups (broad SMARTS) is 1. The van der Waals surface area contributed by atoms with Gasteiger partial charge in [0.15, 0.2) is 0 Å². The fourth-order valence-corrected chi connectivity index (χ4v) is 4.21. The summed E-state index contributed by atoms with van der Waals surface area (Å²) in [6, 6.07) is 9.86. The van der Waals surface area contributed by atoms with Crippen molar-refractivity contribution in [1.82, 2.24) is 4.90 Å². The number of methoxy groups -OCH3 is 1. The number of hydrogen-bond acceptors (Lipinski definition) is 6. The van der Waals surface area contributed by atoms with Gasteiger partial charge in [0.2, 0.25) is 0 Å². The van der Waals surface area contributed by atoms with E-state index < -0.39 is 5.97 Å². The average Bonchev–Trinajstić information content (AvgIpc) is 3.14. The summed E-state index contributed by atoms with van der Waals surface area (Å²) in [6.07, 6.45) is 1.66. The van der Waals surface area contributed by atoms with E-state index in [4.69, 9.17) is 9.57 Å². The van der Waals surface area contributed by atoms with Gasteiger partial charge in [-0.15, -0.1) is 11.3 Å². The molecule has 0 amide bonds. The number of oxime groups is 1. The van der Waals surface area contributed by atoms with Gasteiger partial charge in [-0.25, -0.2) is 0 Å². The molecule has 1 saturated heterocycles. The highest BCUT2D eigenvalue weighted by molar-refractivity contribution is 7.12. The largest absolute Gasteiger partial charge is 0.497 e. The molecule has 28 heavy (non-hydrogen) atoms. The number of ether oxygens (including phenoxy) is 1. The maximum Gasteiger partial charge on any atom is 0.307 e. The summed E-state index contributed by atoms with van der Waals surface area (Å²) in [6.45, 7) is 4.63. The Hall–Kier alpha value is -2.38. The first-order valence-electron chi connectivity index (χ1n) is 9.42. The van der Waals surface area contributed by atoms with E-state index in [0.29, 0.717) is 19.7 Å². The first-order chi connectivity index (χ1) is 13.6. The van der Waals surface area contributed by atoms with Crippen molar-refractivity contribution in [3.8, 4) is 5.75 Å². The van der Waals surface area contributed by atoms with Gasteiger partial charge in [0.25, 0.3) is 0 Å². The van der Waals surface area contributed by atoms with Crippen molar-refractivity contribution in [2.75, 3.05) is 33.4 Å². The Morgan fingerprint density at radius 3 is 2.96 bits per heavy atom.